The van der Waals surface area contributed by atoms with Crippen LogP contribution in [0.2, 0.25) is 0 Å². The summed E-state index contributed by atoms with van der Waals surface area (Å²) in [5, 5.41) is 1.22. The standard InChI is InChI=1S/C15H21N3S/c1-11(2)15-17-9-14(19-15)10-18(4)12(3)13-5-7-16-8-6-13/h5-9,11-12H,10H2,1-4H3. The van der Waals surface area contributed by atoms with E-state index in [1.165, 1.54) is 15.4 Å². The fraction of sp³-hybridized carbons (Fsp3) is 0.467. The van der Waals surface area contributed by atoms with Gasteiger partial charge >= 0.3 is 0 Å². The van der Waals surface area contributed by atoms with Crippen molar-refractivity contribution in [2.24, 2.45) is 0 Å². The summed E-state index contributed by atoms with van der Waals surface area (Å²) < 4.78 is 0. The number of rotatable bonds is 5. The first-order chi connectivity index (χ1) is 9.08. The Morgan fingerprint density at radius 1 is 1.21 bits per heavy atom. The molecule has 0 saturated carbocycles. The summed E-state index contributed by atoms with van der Waals surface area (Å²) in [6.07, 6.45) is 5.71. The van der Waals surface area contributed by atoms with Gasteiger partial charge in [0.15, 0.2) is 0 Å². The molecule has 0 N–H and O–H groups in total. The van der Waals surface area contributed by atoms with Crippen LogP contribution in [-0.4, -0.2) is 21.9 Å². The SMILES string of the molecule is CC(C)c1ncc(CN(C)C(C)c2ccncc2)s1. The normalized spacial score (nSPS) is 13.2. The number of hydrogen-bond acceptors (Lipinski definition) is 4. The summed E-state index contributed by atoms with van der Waals surface area (Å²) >= 11 is 1.82. The van der Waals surface area contributed by atoms with E-state index in [-0.39, 0.29) is 0 Å². The maximum atomic E-state index is 4.48. The van der Waals surface area contributed by atoms with E-state index in [1.54, 1.807) is 0 Å². The monoisotopic (exact) mass is 275 g/mol. The lowest BCUT2D eigenvalue weighted by Gasteiger charge is -2.24. The van der Waals surface area contributed by atoms with Crippen molar-refractivity contribution in [1.29, 1.82) is 0 Å². The molecule has 0 amide bonds. The van der Waals surface area contributed by atoms with E-state index in [9.17, 15) is 0 Å². The summed E-state index contributed by atoms with van der Waals surface area (Å²) in [4.78, 5) is 12.2. The molecular formula is C15H21N3S. The zero-order valence-electron chi connectivity index (χ0n) is 12.0. The van der Waals surface area contributed by atoms with Crippen molar-refractivity contribution in [3.05, 3.63) is 46.2 Å². The van der Waals surface area contributed by atoms with E-state index in [0.29, 0.717) is 12.0 Å². The second-order valence-corrected chi connectivity index (χ2v) is 6.34. The molecule has 0 fully saturated rings. The molecule has 0 spiro atoms. The molecule has 0 saturated heterocycles. The lowest BCUT2D eigenvalue weighted by molar-refractivity contribution is 0.255. The predicted molar refractivity (Wildman–Crippen MR) is 80.3 cm³/mol. The van der Waals surface area contributed by atoms with Gasteiger partial charge in [-0.15, -0.1) is 11.3 Å². The molecule has 0 aliphatic rings. The van der Waals surface area contributed by atoms with Crippen LogP contribution in [0.15, 0.2) is 30.7 Å². The maximum Gasteiger partial charge on any atom is 0.0953 e. The Balaban J connectivity index is 2.02. The van der Waals surface area contributed by atoms with Gasteiger partial charge in [-0.05, 0) is 31.7 Å². The summed E-state index contributed by atoms with van der Waals surface area (Å²) in [6, 6.07) is 4.54. The van der Waals surface area contributed by atoms with Crippen molar-refractivity contribution in [1.82, 2.24) is 14.9 Å². The van der Waals surface area contributed by atoms with Crippen LogP contribution < -0.4 is 0 Å². The highest BCUT2D eigenvalue weighted by Crippen LogP contribution is 2.25. The fourth-order valence-corrected chi connectivity index (χ4v) is 2.93. The average molecular weight is 275 g/mol. The summed E-state index contributed by atoms with van der Waals surface area (Å²) in [5.41, 5.74) is 1.30. The van der Waals surface area contributed by atoms with Gasteiger partial charge in [0, 0.05) is 42.0 Å². The Bertz CT molecular complexity index is 507. The molecule has 19 heavy (non-hydrogen) atoms. The molecule has 0 bridgehead atoms. The molecular weight excluding hydrogens is 254 g/mol. The number of thiazole rings is 1. The van der Waals surface area contributed by atoms with Crippen LogP contribution in [-0.2, 0) is 6.54 Å². The highest BCUT2D eigenvalue weighted by atomic mass is 32.1. The Kier molecular flexibility index (Phi) is 4.66. The van der Waals surface area contributed by atoms with Crippen molar-refractivity contribution in [2.45, 2.75) is 39.3 Å². The van der Waals surface area contributed by atoms with Gasteiger partial charge in [0.2, 0.25) is 0 Å². The first-order valence-electron chi connectivity index (χ1n) is 6.62. The lowest BCUT2D eigenvalue weighted by Crippen LogP contribution is -2.21. The number of aromatic nitrogens is 2. The molecule has 102 valence electrons. The lowest BCUT2D eigenvalue weighted by atomic mass is 10.1. The molecule has 3 nitrogen and oxygen atoms in total. The predicted octanol–water partition coefficient (Wildman–Crippen LogP) is 3.85. The Morgan fingerprint density at radius 2 is 1.89 bits per heavy atom. The highest BCUT2D eigenvalue weighted by Gasteiger charge is 2.13. The molecule has 4 heteroatoms. The first kappa shape index (κ1) is 14.2. The van der Waals surface area contributed by atoms with Crippen molar-refractivity contribution >= 4 is 11.3 Å². The van der Waals surface area contributed by atoms with Gasteiger partial charge in [-0.2, -0.15) is 0 Å². The number of pyridine rings is 1. The van der Waals surface area contributed by atoms with E-state index in [0.717, 1.165) is 6.54 Å². The van der Waals surface area contributed by atoms with Crippen LogP contribution in [0, 0.1) is 0 Å². The smallest absolute Gasteiger partial charge is 0.0953 e. The minimum atomic E-state index is 0.382. The van der Waals surface area contributed by atoms with E-state index < -0.39 is 0 Å². The third-order valence-electron chi connectivity index (χ3n) is 3.32. The van der Waals surface area contributed by atoms with E-state index in [2.05, 4.69) is 54.8 Å². The van der Waals surface area contributed by atoms with Gasteiger partial charge < -0.3 is 0 Å². The van der Waals surface area contributed by atoms with Gasteiger partial charge in [-0.25, -0.2) is 4.98 Å². The number of hydrogen-bond donors (Lipinski definition) is 0. The van der Waals surface area contributed by atoms with Gasteiger partial charge in [0.1, 0.15) is 0 Å². The Labute approximate surface area is 119 Å². The largest absolute Gasteiger partial charge is 0.295 e. The molecule has 0 aliphatic heterocycles. The maximum absolute atomic E-state index is 4.48. The minimum Gasteiger partial charge on any atom is -0.295 e. The quantitative estimate of drug-likeness (QED) is 0.830. The van der Waals surface area contributed by atoms with Gasteiger partial charge in [0.05, 0.1) is 5.01 Å². The van der Waals surface area contributed by atoms with Gasteiger partial charge in [-0.1, -0.05) is 13.8 Å². The van der Waals surface area contributed by atoms with E-state index in [4.69, 9.17) is 0 Å². The average Bonchev–Trinajstić information content (AvgIpc) is 2.87. The molecule has 2 rings (SSSR count). The molecule has 0 aromatic carbocycles. The third-order valence-corrected chi connectivity index (χ3v) is 4.60. The summed E-state index contributed by atoms with van der Waals surface area (Å²) in [7, 11) is 2.15. The molecule has 0 radical (unpaired) electrons. The molecule has 2 aromatic heterocycles. The highest BCUT2D eigenvalue weighted by molar-refractivity contribution is 7.11. The van der Waals surface area contributed by atoms with E-state index in [1.807, 2.05) is 29.9 Å². The minimum absolute atomic E-state index is 0.382. The van der Waals surface area contributed by atoms with Crippen LogP contribution in [0.1, 0.15) is 48.2 Å². The van der Waals surface area contributed by atoms with Crippen LogP contribution in [0.5, 0.6) is 0 Å². The third kappa shape index (κ3) is 3.61. The Hall–Kier alpha value is -1.26. The van der Waals surface area contributed by atoms with Crippen molar-refractivity contribution < 1.29 is 0 Å². The first-order valence-corrected chi connectivity index (χ1v) is 7.44. The van der Waals surface area contributed by atoms with Crippen LogP contribution in [0.4, 0.5) is 0 Å². The van der Waals surface area contributed by atoms with Crippen molar-refractivity contribution in [3.8, 4) is 0 Å². The second kappa shape index (κ2) is 6.26. The molecule has 1 atom stereocenters. The molecule has 0 aliphatic carbocycles. The molecule has 2 aromatic rings. The van der Waals surface area contributed by atoms with Crippen molar-refractivity contribution in [3.63, 3.8) is 0 Å². The van der Waals surface area contributed by atoms with Gasteiger partial charge in [0.25, 0.3) is 0 Å². The topological polar surface area (TPSA) is 29.0 Å². The van der Waals surface area contributed by atoms with E-state index >= 15 is 0 Å². The fourth-order valence-electron chi connectivity index (χ4n) is 1.94. The van der Waals surface area contributed by atoms with Crippen molar-refractivity contribution in [2.75, 3.05) is 7.05 Å². The molecule has 2 heterocycles. The number of nitrogens with zero attached hydrogens (tertiary/aromatic N) is 3. The Morgan fingerprint density at radius 3 is 2.47 bits per heavy atom. The zero-order valence-corrected chi connectivity index (χ0v) is 12.8. The van der Waals surface area contributed by atoms with Crippen LogP contribution in [0.25, 0.3) is 0 Å². The molecule has 1 unspecified atom stereocenters. The van der Waals surface area contributed by atoms with Crippen LogP contribution >= 0.6 is 11.3 Å². The second-order valence-electron chi connectivity index (χ2n) is 5.19. The van der Waals surface area contributed by atoms with Crippen LogP contribution in [0.3, 0.4) is 0 Å². The zero-order chi connectivity index (χ0) is 13.8. The summed E-state index contributed by atoms with van der Waals surface area (Å²) in [6.45, 7) is 7.53. The van der Waals surface area contributed by atoms with Gasteiger partial charge in [-0.3, -0.25) is 9.88 Å². The summed E-state index contributed by atoms with van der Waals surface area (Å²) in [5.74, 6) is 0.515.